The predicted molar refractivity (Wildman–Crippen MR) is 103 cm³/mol. The second-order valence-corrected chi connectivity index (χ2v) is 6.34. The predicted octanol–water partition coefficient (Wildman–Crippen LogP) is 3.87. The standard InChI is InChI=1S/C22H19N3O2/c1-15-18(13-16-9-5-3-6-10-16)21(27-2)24-22-23-19(14-25(15)22)20(26)17-11-7-4-8-12-17/h3-12,14H,13H2,1-2H3. The Bertz CT molecular complexity index is 1100. The molecular formula is C22H19N3O2. The first kappa shape index (κ1) is 17.0. The molecule has 134 valence electrons. The molecule has 0 unspecified atom stereocenters. The first-order valence-electron chi connectivity index (χ1n) is 8.73. The van der Waals surface area contributed by atoms with E-state index in [4.69, 9.17) is 4.74 Å². The molecule has 4 aromatic rings. The molecule has 5 heteroatoms. The van der Waals surface area contributed by atoms with Crippen LogP contribution < -0.4 is 4.74 Å². The minimum absolute atomic E-state index is 0.121. The third kappa shape index (κ3) is 3.19. The number of ether oxygens (including phenoxy) is 1. The molecule has 27 heavy (non-hydrogen) atoms. The molecule has 0 aliphatic heterocycles. The van der Waals surface area contributed by atoms with Gasteiger partial charge in [0.25, 0.3) is 0 Å². The molecule has 0 saturated carbocycles. The summed E-state index contributed by atoms with van der Waals surface area (Å²) < 4.78 is 7.37. The van der Waals surface area contributed by atoms with E-state index in [0.29, 0.717) is 29.3 Å². The quantitative estimate of drug-likeness (QED) is 0.509. The van der Waals surface area contributed by atoms with E-state index in [9.17, 15) is 4.79 Å². The number of aryl methyl sites for hydroxylation is 1. The summed E-state index contributed by atoms with van der Waals surface area (Å²) >= 11 is 0. The first-order chi connectivity index (χ1) is 13.2. The molecule has 4 rings (SSSR count). The van der Waals surface area contributed by atoms with Gasteiger partial charge in [-0.3, -0.25) is 9.20 Å². The van der Waals surface area contributed by atoms with Crippen LogP contribution in [0, 0.1) is 6.92 Å². The van der Waals surface area contributed by atoms with Gasteiger partial charge in [-0.05, 0) is 12.5 Å². The summed E-state index contributed by atoms with van der Waals surface area (Å²) in [5, 5.41) is 0. The van der Waals surface area contributed by atoms with Crippen molar-refractivity contribution in [1.82, 2.24) is 14.4 Å². The van der Waals surface area contributed by atoms with Gasteiger partial charge in [0.15, 0.2) is 0 Å². The van der Waals surface area contributed by atoms with Crippen molar-refractivity contribution in [2.24, 2.45) is 0 Å². The summed E-state index contributed by atoms with van der Waals surface area (Å²) in [4.78, 5) is 21.7. The van der Waals surface area contributed by atoms with Crippen LogP contribution in [0.1, 0.15) is 32.9 Å². The van der Waals surface area contributed by atoms with Gasteiger partial charge in [-0.15, -0.1) is 0 Å². The molecule has 5 nitrogen and oxygen atoms in total. The minimum Gasteiger partial charge on any atom is -0.481 e. The Morgan fingerprint density at radius 3 is 2.33 bits per heavy atom. The highest BCUT2D eigenvalue weighted by Crippen LogP contribution is 2.25. The van der Waals surface area contributed by atoms with Gasteiger partial charge in [0.2, 0.25) is 17.4 Å². The van der Waals surface area contributed by atoms with Crippen LogP contribution in [0.15, 0.2) is 66.9 Å². The van der Waals surface area contributed by atoms with Crippen LogP contribution in [0.4, 0.5) is 0 Å². The Hall–Kier alpha value is -3.47. The molecule has 0 atom stereocenters. The van der Waals surface area contributed by atoms with Gasteiger partial charge in [-0.1, -0.05) is 60.7 Å². The maximum atomic E-state index is 12.7. The van der Waals surface area contributed by atoms with Gasteiger partial charge in [0, 0.05) is 29.4 Å². The SMILES string of the molecule is COc1nc2nc(C(=O)c3ccccc3)cn2c(C)c1Cc1ccccc1. The monoisotopic (exact) mass is 357 g/mol. The number of hydrogen-bond donors (Lipinski definition) is 0. The van der Waals surface area contributed by atoms with Gasteiger partial charge < -0.3 is 4.74 Å². The Morgan fingerprint density at radius 1 is 1.00 bits per heavy atom. The number of fused-ring (bicyclic) bond motifs is 1. The van der Waals surface area contributed by atoms with E-state index in [-0.39, 0.29) is 5.78 Å². The normalized spacial score (nSPS) is 10.9. The fourth-order valence-corrected chi connectivity index (χ4v) is 3.17. The molecule has 0 N–H and O–H groups in total. The van der Waals surface area contributed by atoms with Crippen molar-refractivity contribution in [3.8, 4) is 5.88 Å². The van der Waals surface area contributed by atoms with Gasteiger partial charge in [-0.25, -0.2) is 4.98 Å². The highest BCUT2D eigenvalue weighted by molar-refractivity contribution is 6.07. The lowest BCUT2D eigenvalue weighted by molar-refractivity contribution is 0.103. The zero-order valence-electron chi connectivity index (χ0n) is 15.2. The van der Waals surface area contributed by atoms with Gasteiger partial charge in [0.05, 0.1) is 7.11 Å². The van der Waals surface area contributed by atoms with E-state index < -0.39 is 0 Å². The molecule has 0 bridgehead atoms. The van der Waals surface area contributed by atoms with Crippen LogP contribution in [-0.4, -0.2) is 27.3 Å². The van der Waals surface area contributed by atoms with E-state index in [1.807, 2.05) is 47.7 Å². The van der Waals surface area contributed by atoms with Crippen molar-refractivity contribution in [2.45, 2.75) is 13.3 Å². The highest BCUT2D eigenvalue weighted by Gasteiger charge is 2.19. The largest absolute Gasteiger partial charge is 0.481 e. The second-order valence-electron chi connectivity index (χ2n) is 6.34. The minimum atomic E-state index is -0.121. The molecule has 2 aromatic heterocycles. The number of aromatic nitrogens is 3. The summed E-state index contributed by atoms with van der Waals surface area (Å²) in [7, 11) is 1.60. The van der Waals surface area contributed by atoms with Crippen molar-refractivity contribution in [1.29, 1.82) is 0 Å². The maximum absolute atomic E-state index is 12.7. The van der Waals surface area contributed by atoms with Crippen molar-refractivity contribution in [3.05, 3.63) is 94.9 Å². The fourth-order valence-electron chi connectivity index (χ4n) is 3.17. The van der Waals surface area contributed by atoms with Gasteiger partial charge in [0.1, 0.15) is 5.69 Å². The van der Waals surface area contributed by atoms with E-state index in [0.717, 1.165) is 11.3 Å². The summed E-state index contributed by atoms with van der Waals surface area (Å²) in [6.45, 7) is 1.99. The Balaban J connectivity index is 1.80. The smallest absolute Gasteiger partial charge is 0.237 e. The molecule has 0 aliphatic carbocycles. The third-order valence-corrected chi connectivity index (χ3v) is 4.63. The molecule has 2 aromatic carbocycles. The lowest BCUT2D eigenvalue weighted by Gasteiger charge is -2.12. The number of hydrogen-bond acceptors (Lipinski definition) is 4. The topological polar surface area (TPSA) is 56.5 Å². The number of carbonyl (C=O) groups excluding carboxylic acids is 1. The van der Waals surface area contributed by atoms with Crippen molar-refractivity contribution < 1.29 is 9.53 Å². The third-order valence-electron chi connectivity index (χ3n) is 4.63. The molecular weight excluding hydrogens is 338 g/mol. The molecule has 0 amide bonds. The van der Waals surface area contributed by atoms with Gasteiger partial charge >= 0.3 is 0 Å². The summed E-state index contributed by atoms with van der Waals surface area (Å²) in [6, 6.07) is 19.3. The molecule has 0 aliphatic rings. The number of carbonyl (C=O) groups is 1. The Kier molecular flexibility index (Phi) is 4.42. The number of rotatable bonds is 5. The van der Waals surface area contributed by atoms with Crippen LogP contribution in [0.3, 0.4) is 0 Å². The van der Waals surface area contributed by atoms with Crippen LogP contribution in [-0.2, 0) is 6.42 Å². The molecule has 0 radical (unpaired) electrons. The van der Waals surface area contributed by atoms with Crippen molar-refractivity contribution >= 4 is 11.6 Å². The number of imidazole rings is 1. The van der Waals surface area contributed by atoms with E-state index in [2.05, 4.69) is 22.1 Å². The molecule has 0 saturated heterocycles. The Morgan fingerprint density at radius 2 is 1.67 bits per heavy atom. The number of ketones is 1. The lowest BCUT2D eigenvalue weighted by Crippen LogP contribution is -2.05. The van der Waals surface area contributed by atoms with Crippen LogP contribution >= 0.6 is 0 Å². The highest BCUT2D eigenvalue weighted by atomic mass is 16.5. The lowest BCUT2D eigenvalue weighted by atomic mass is 10.0. The zero-order chi connectivity index (χ0) is 18.8. The first-order valence-corrected chi connectivity index (χ1v) is 8.73. The fraction of sp³-hybridized carbons (Fsp3) is 0.136. The number of benzene rings is 2. The summed E-state index contributed by atoms with van der Waals surface area (Å²) in [6.07, 6.45) is 2.44. The molecule has 0 fully saturated rings. The van der Waals surface area contributed by atoms with E-state index in [1.54, 1.807) is 25.4 Å². The van der Waals surface area contributed by atoms with E-state index in [1.165, 1.54) is 5.56 Å². The number of methoxy groups -OCH3 is 1. The summed E-state index contributed by atoms with van der Waals surface area (Å²) in [5.41, 5.74) is 4.08. The Labute approximate surface area is 157 Å². The molecule has 2 heterocycles. The van der Waals surface area contributed by atoms with Crippen LogP contribution in [0.5, 0.6) is 5.88 Å². The van der Waals surface area contributed by atoms with Crippen LogP contribution in [0.25, 0.3) is 5.78 Å². The average Bonchev–Trinajstić information content (AvgIpc) is 3.15. The van der Waals surface area contributed by atoms with Crippen molar-refractivity contribution in [2.75, 3.05) is 7.11 Å². The maximum Gasteiger partial charge on any atom is 0.237 e. The second kappa shape index (κ2) is 7.03. The zero-order valence-corrected chi connectivity index (χ0v) is 15.2. The number of nitrogens with zero attached hydrogens (tertiary/aromatic N) is 3. The van der Waals surface area contributed by atoms with Crippen LogP contribution in [0.2, 0.25) is 0 Å². The van der Waals surface area contributed by atoms with Crippen molar-refractivity contribution in [3.63, 3.8) is 0 Å². The molecule has 0 spiro atoms. The summed E-state index contributed by atoms with van der Waals surface area (Å²) in [5.74, 6) is 0.873. The van der Waals surface area contributed by atoms with Gasteiger partial charge in [-0.2, -0.15) is 4.98 Å². The van der Waals surface area contributed by atoms with E-state index >= 15 is 0 Å². The average molecular weight is 357 g/mol.